The first-order valence-corrected chi connectivity index (χ1v) is 14.1. The highest BCUT2D eigenvalue weighted by Gasteiger charge is 2.30. The van der Waals surface area contributed by atoms with E-state index in [0.717, 1.165) is 6.42 Å². The first kappa shape index (κ1) is 38.2. The average molecular weight is 592 g/mol. The molecule has 0 radical (unpaired) electrons. The number of carboxylic acid groups (broad SMARTS) is 1. The second kappa shape index (κ2) is 20.1. The lowest BCUT2D eigenvalue weighted by molar-refractivity contribution is -0.141. The number of hydrogen-bond acceptors (Lipinski definition) is 9. The molecule has 12 nitrogen and oxygen atoms in total. The Morgan fingerprint density at radius 2 is 1.74 bits per heavy atom. The number of ketones is 1. The normalized spacial score (nSPS) is 12.6. The molecule has 2 atom stereocenters. The summed E-state index contributed by atoms with van der Waals surface area (Å²) in [5, 5.41) is 18.0. The summed E-state index contributed by atoms with van der Waals surface area (Å²) in [6, 6.07) is 2.77. The third-order valence-electron chi connectivity index (χ3n) is 6.10. The molecule has 3 N–H and O–H groups in total. The predicted octanol–water partition coefficient (Wildman–Crippen LogP) is 2.92. The van der Waals surface area contributed by atoms with Gasteiger partial charge >= 0.3 is 5.97 Å². The van der Waals surface area contributed by atoms with Crippen molar-refractivity contribution in [2.24, 2.45) is 22.0 Å². The monoisotopic (exact) mass is 591 g/mol. The number of carboxylic acids is 1. The largest absolute Gasteiger partial charge is 0.496 e. The van der Waals surface area contributed by atoms with E-state index in [1.54, 1.807) is 44.0 Å². The van der Waals surface area contributed by atoms with Crippen LogP contribution in [0.2, 0.25) is 0 Å². The fourth-order valence-electron chi connectivity index (χ4n) is 3.88. The van der Waals surface area contributed by atoms with Crippen molar-refractivity contribution in [2.75, 3.05) is 34.3 Å². The molecule has 0 aromatic heterocycles. The standard InChI is InChI=1S/C28H43N5O7.C2H6/c1-17(2)11-12-33(7)16-22(34)21(15-25(36)37)31-27(38)26(18(3)4)32-24(35)14-20-13-19(9-10-23(20)39-8)28(29-5)40-30-6;1-2/h9-10,13,17-18,21,26H,6,11-12,14-16H2,1-5,7-8H3,(H,31,38)(H,32,35)(H,36,37);1-2H3. The first-order valence-electron chi connectivity index (χ1n) is 14.1. The van der Waals surface area contributed by atoms with Crippen molar-refractivity contribution in [3.8, 4) is 5.75 Å². The van der Waals surface area contributed by atoms with Gasteiger partial charge in [0, 0.05) is 24.9 Å². The van der Waals surface area contributed by atoms with Gasteiger partial charge in [0.25, 0.3) is 5.90 Å². The molecule has 1 aromatic rings. The van der Waals surface area contributed by atoms with Gasteiger partial charge in [0.2, 0.25) is 11.8 Å². The number of hydrogen-bond donors (Lipinski definition) is 3. The fourth-order valence-corrected chi connectivity index (χ4v) is 3.88. The van der Waals surface area contributed by atoms with Gasteiger partial charge in [-0.15, -0.1) is 0 Å². The number of benzene rings is 1. The SMILES string of the molecule is C=NOC(=NC)c1ccc(OC)c(CC(=O)NC(C(=O)NC(CC(=O)O)C(=O)CN(C)CCC(C)C)C(C)C)c1.CC. The Bertz CT molecular complexity index is 1070. The summed E-state index contributed by atoms with van der Waals surface area (Å²) in [4.78, 5) is 61.5. The number of carbonyl (C=O) groups is 4. The number of amides is 2. The summed E-state index contributed by atoms with van der Waals surface area (Å²) in [6.45, 7) is 15.6. The Morgan fingerprint density at radius 3 is 2.24 bits per heavy atom. The zero-order valence-electron chi connectivity index (χ0n) is 26.5. The van der Waals surface area contributed by atoms with Crippen LogP contribution in [-0.4, -0.2) is 92.6 Å². The van der Waals surface area contributed by atoms with Crippen molar-refractivity contribution in [2.45, 2.75) is 72.9 Å². The molecule has 0 aliphatic rings. The number of rotatable bonds is 17. The van der Waals surface area contributed by atoms with Crippen molar-refractivity contribution in [1.82, 2.24) is 15.5 Å². The smallest absolute Gasteiger partial charge is 0.305 e. The highest BCUT2D eigenvalue weighted by molar-refractivity contribution is 5.96. The number of oxime groups is 1. The van der Waals surface area contributed by atoms with Gasteiger partial charge in [0.15, 0.2) is 5.78 Å². The van der Waals surface area contributed by atoms with Crippen molar-refractivity contribution in [3.63, 3.8) is 0 Å². The molecular weight excluding hydrogens is 542 g/mol. The molecule has 0 spiro atoms. The molecule has 1 rings (SSSR count). The molecule has 0 fully saturated rings. The van der Waals surface area contributed by atoms with Crippen LogP contribution in [0.25, 0.3) is 0 Å². The Morgan fingerprint density at radius 1 is 1.10 bits per heavy atom. The number of carbonyl (C=O) groups excluding carboxylic acids is 3. The topological polar surface area (TPSA) is 159 Å². The number of methoxy groups -OCH3 is 1. The van der Waals surface area contributed by atoms with Crippen LogP contribution in [-0.2, 0) is 30.4 Å². The Hall–Kier alpha value is -3.80. The van der Waals surface area contributed by atoms with Crippen LogP contribution in [0, 0.1) is 11.8 Å². The lowest BCUT2D eigenvalue weighted by Gasteiger charge is -2.26. The van der Waals surface area contributed by atoms with Crippen LogP contribution < -0.4 is 15.4 Å². The molecular formula is C30H49N5O7. The van der Waals surface area contributed by atoms with Crippen LogP contribution in [0.3, 0.4) is 0 Å². The lowest BCUT2D eigenvalue weighted by atomic mass is 10.0. The summed E-state index contributed by atoms with van der Waals surface area (Å²) in [6.07, 6.45) is 0.179. The van der Waals surface area contributed by atoms with Gasteiger partial charge in [-0.05, 0) is 50.0 Å². The predicted molar refractivity (Wildman–Crippen MR) is 164 cm³/mol. The van der Waals surface area contributed by atoms with Crippen LogP contribution in [0.5, 0.6) is 5.75 Å². The van der Waals surface area contributed by atoms with Gasteiger partial charge in [-0.1, -0.05) is 46.7 Å². The average Bonchev–Trinajstić information content (AvgIpc) is 2.93. The summed E-state index contributed by atoms with van der Waals surface area (Å²) < 4.78 is 5.38. The molecule has 0 heterocycles. The summed E-state index contributed by atoms with van der Waals surface area (Å²) in [5.41, 5.74) is 1.06. The van der Waals surface area contributed by atoms with E-state index in [1.165, 1.54) is 14.2 Å². The minimum atomic E-state index is -1.23. The number of Topliss-reactive ketones (excluding diaryl/α,β-unsaturated/α-hetero) is 1. The lowest BCUT2D eigenvalue weighted by Crippen LogP contribution is -2.55. The summed E-state index contributed by atoms with van der Waals surface area (Å²) in [7, 11) is 4.77. The first-order chi connectivity index (χ1) is 19.8. The van der Waals surface area contributed by atoms with Gasteiger partial charge in [-0.3, -0.25) is 29.1 Å². The number of aliphatic imine (C=N–C) groups is 1. The molecule has 1 aromatic carbocycles. The molecule has 42 heavy (non-hydrogen) atoms. The molecule has 0 aliphatic heterocycles. The Labute approximate surface area is 249 Å². The van der Waals surface area contributed by atoms with E-state index in [9.17, 15) is 24.3 Å². The minimum absolute atomic E-state index is 0.00603. The second-order valence-corrected chi connectivity index (χ2v) is 10.3. The maximum atomic E-state index is 13.2. The number of aliphatic carboxylic acids is 1. The quantitative estimate of drug-likeness (QED) is 0.142. The minimum Gasteiger partial charge on any atom is -0.496 e. The fraction of sp³-hybridized carbons (Fsp3) is 0.600. The van der Waals surface area contributed by atoms with Crippen LogP contribution >= 0.6 is 0 Å². The summed E-state index contributed by atoms with van der Waals surface area (Å²) in [5.74, 6) is -2.01. The van der Waals surface area contributed by atoms with Crippen molar-refractivity contribution < 1.29 is 33.9 Å². The van der Waals surface area contributed by atoms with Crippen molar-refractivity contribution >= 4 is 36.2 Å². The number of nitrogens with one attached hydrogen (secondary N) is 2. The van der Waals surface area contributed by atoms with Crippen molar-refractivity contribution in [3.05, 3.63) is 29.3 Å². The van der Waals surface area contributed by atoms with Gasteiger partial charge in [0.1, 0.15) is 11.8 Å². The molecule has 236 valence electrons. The Balaban J connectivity index is 0.00000821. The van der Waals surface area contributed by atoms with E-state index in [-0.39, 0.29) is 24.8 Å². The molecule has 0 bridgehead atoms. The van der Waals surface area contributed by atoms with E-state index in [1.807, 2.05) is 13.8 Å². The second-order valence-electron chi connectivity index (χ2n) is 10.3. The number of ether oxygens (including phenoxy) is 1. The zero-order chi connectivity index (χ0) is 32.4. The van der Waals surface area contributed by atoms with Crippen LogP contribution in [0.4, 0.5) is 0 Å². The number of nitrogens with zero attached hydrogens (tertiary/aromatic N) is 3. The number of likely N-dealkylation sites (N-methyl/N-ethyl adjacent to an activating group) is 1. The van der Waals surface area contributed by atoms with Crippen LogP contribution in [0.15, 0.2) is 28.3 Å². The molecule has 2 amide bonds. The van der Waals surface area contributed by atoms with E-state index in [4.69, 9.17) is 9.57 Å². The summed E-state index contributed by atoms with van der Waals surface area (Å²) >= 11 is 0. The van der Waals surface area contributed by atoms with Crippen molar-refractivity contribution in [1.29, 1.82) is 0 Å². The third-order valence-corrected chi connectivity index (χ3v) is 6.10. The van der Waals surface area contributed by atoms with Gasteiger partial charge in [-0.25, -0.2) is 0 Å². The van der Waals surface area contributed by atoms with Gasteiger partial charge in [-0.2, -0.15) is 0 Å². The van der Waals surface area contributed by atoms with E-state index >= 15 is 0 Å². The maximum Gasteiger partial charge on any atom is 0.305 e. The van der Waals surface area contributed by atoms with Gasteiger partial charge in [0.05, 0.1) is 32.5 Å². The molecule has 0 saturated carbocycles. The van der Waals surface area contributed by atoms with E-state index in [2.05, 4.69) is 41.3 Å². The highest BCUT2D eigenvalue weighted by Crippen LogP contribution is 2.22. The molecule has 0 aliphatic carbocycles. The third kappa shape index (κ3) is 13.7. The molecule has 0 saturated heterocycles. The molecule has 12 heteroatoms. The van der Waals surface area contributed by atoms with E-state index < -0.39 is 42.1 Å². The zero-order valence-corrected chi connectivity index (χ0v) is 26.5. The molecule has 2 unspecified atom stereocenters. The van der Waals surface area contributed by atoms with Gasteiger partial charge < -0.3 is 25.3 Å². The van der Waals surface area contributed by atoms with E-state index in [0.29, 0.717) is 29.3 Å². The van der Waals surface area contributed by atoms with Crippen LogP contribution in [0.1, 0.15) is 65.5 Å². The maximum absolute atomic E-state index is 13.2. The highest BCUT2D eigenvalue weighted by atomic mass is 16.6. The Kier molecular flexibility index (Phi) is 18.3.